The van der Waals surface area contributed by atoms with Gasteiger partial charge in [0.05, 0.1) is 0 Å². The average Bonchev–Trinajstić information content (AvgIpc) is 2.30. The zero-order valence-electron chi connectivity index (χ0n) is 12.2. The largest absolute Gasteiger partial charge is 0.316 e. The second-order valence-corrected chi connectivity index (χ2v) is 7.84. The van der Waals surface area contributed by atoms with Crippen molar-refractivity contribution in [1.29, 1.82) is 0 Å². The Balaban J connectivity index is 2.07. The fourth-order valence-corrected chi connectivity index (χ4v) is 3.87. The molecule has 1 aromatic rings. The van der Waals surface area contributed by atoms with Crippen molar-refractivity contribution >= 4 is 11.8 Å². The van der Waals surface area contributed by atoms with Gasteiger partial charge in [0.1, 0.15) is 0 Å². The topological polar surface area (TPSA) is 12.0 Å². The summed E-state index contributed by atoms with van der Waals surface area (Å²) in [6.45, 7) is 9.23. The molecule has 1 aromatic carbocycles. The lowest BCUT2D eigenvalue weighted by molar-refractivity contribution is 0.0751. The van der Waals surface area contributed by atoms with Crippen molar-refractivity contribution in [3.63, 3.8) is 0 Å². The summed E-state index contributed by atoms with van der Waals surface area (Å²) in [7, 11) is 2.07. The Morgan fingerprint density at radius 1 is 1.22 bits per heavy atom. The Morgan fingerprint density at radius 3 is 2.28 bits per heavy atom. The van der Waals surface area contributed by atoms with Gasteiger partial charge in [0.15, 0.2) is 0 Å². The lowest BCUT2D eigenvalue weighted by Crippen LogP contribution is -2.54. The van der Waals surface area contributed by atoms with Crippen LogP contribution in [0.25, 0.3) is 0 Å². The third-order valence-corrected chi connectivity index (χ3v) is 5.29. The van der Waals surface area contributed by atoms with Gasteiger partial charge >= 0.3 is 0 Å². The van der Waals surface area contributed by atoms with Gasteiger partial charge in [-0.25, -0.2) is 0 Å². The first-order chi connectivity index (χ1) is 8.45. The maximum Gasteiger partial charge on any atom is 0.0127 e. The predicted octanol–water partition coefficient (Wildman–Crippen LogP) is 4.29. The lowest BCUT2D eigenvalue weighted by Gasteiger charge is -2.52. The number of nitrogens with one attached hydrogen (secondary N) is 1. The molecule has 1 aliphatic carbocycles. The summed E-state index contributed by atoms with van der Waals surface area (Å²) in [5, 5.41) is 4.08. The van der Waals surface area contributed by atoms with E-state index in [1.807, 2.05) is 11.8 Å². The Hall–Kier alpha value is -0.470. The SMILES string of the molecule is CNC1CC(c2ccc(SC(C)C)cc2)C1(C)C. The van der Waals surface area contributed by atoms with E-state index in [4.69, 9.17) is 0 Å². The monoisotopic (exact) mass is 263 g/mol. The summed E-state index contributed by atoms with van der Waals surface area (Å²) in [5.41, 5.74) is 1.88. The van der Waals surface area contributed by atoms with Crippen LogP contribution in [0.4, 0.5) is 0 Å². The highest BCUT2D eigenvalue weighted by Crippen LogP contribution is 2.52. The standard InChI is InChI=1S/C16H25NS/c1-11(2)18-13-8-6-12(7-9-13)14-10-15(17-5)16(14,3)4/h6-9,11,14-15,17H,10H2,1-5H3. The van der Waals surface area contributed by atoms with Crippen molar-refractivity contribution in [1.82, 2.24) is 5.32 Å². The Kier molecular flexibility index (Phi) is 4.08. The van der Waals surface area contributed by atoms with Crippen LogP contribution in [-0.2, 0) is 0 Å². The fourth-order valence-electron chi connectivity index (χ4n) is 3.03. The van der Waals surface area contributed by atoms with Crippen LogP contribution in [0.5, 0.6) is 0 Å². The van der Waals surface area contributed by atoms with Crippen molar-refractivity contribution in [3.05, 3.63) is 29.8 Å². The first-order valence-corrected chi connectivity index (χ1v) is 7.77. The summed E-state index contributed by atoms with van der Waals surface area (Å²) < 4.78 is 0. The van der Waals surface area contributed by atoms with E-state index in [-0.39, 0.29) is 0 Å². The molecule has 1 saturated carbocycles. The molecule has 1 N–H and O–H groups in total. The van der Waals surface area contributed by atoms with Crippen LogP contribution in [0.15, 0.2) is 29.2 Å². The van der Waals surface area contributed by atoms with Crippen LogP contribution in [0.2, 0.25) is 0 Å². The van der Waals surface area contributed by atoms with Crippen molar-refractivity contribution in [2.45, 2.75) is 56.2 Å². The van der Waals surface area contributed by atoms with Crippen molar-refractivity contribution in [2.24, 2.45) is 5.41 Å². The number of hydrogen-bond acceptors (Lipinski definition) is 2. The van der Waals surface area contributed by atoms with E-state index >= 15 is 0 Å². The second kappa shape index (κ2) is 5.26. The van der Waals surface area contributed by atoms with E-state index in [1.165, 1.54) is 16.9 Å². The molecule has 1 aliphatic rings. The Morgan fingerprint density at radius 2 is 1.83 bits per heavy atom. The highest BCUT2D eigenvalue weighted by molar-refractivity contribution is 7.99. The molecule has 1 fully saturated rings. The van der Waals surface area contributed by atoms with Gasteiger partial charge in [-0.1, -0.05) is 39.8 Å². The van der Waals surface area contributed by atoms with E-state index in [1.54, 1.807) is 0 Å². The molecule has 2 unspecified atom stereocenters. The Labute approximate surface area is 116 Å². The van der Waals surface area contributed by atoms with Crippen LogP contribution in [0.1, 0.15) is 45.6 Å². The molecule has 0 aliphatic heterocycles. The summed E-state index contributed by atoms with van der Waals surface area (Å²) in [4.78, 5) is 1.39. The molecule has 100 valence electrons. The van der Waals surface area contributed by atoms with Crippen LogP contribution >= 0.6 is 11.8 Å². The van der Waals surface area contributed by atoms with Crippen LogP contribution in [0, 0.1) is 5.41 Å². The summed E-state index contributed by atoms with van der Waals surface area (Å²) in [6.07, 6.45) is 1.26. The van der Waals surface area contributed by atoms with Crippen LogP contribution in [-0.4, -0.2) is 18.3 Å². The summed E-state index contributed by atoms with van der Waals surface area (Å²) in [5.74, 6) is 0.702. The summed E-state index contributed by atoms with van der Waals surface area (Å²) in [6, 6.07) is 9.87. The molecule has 0 spiro atoms. The molecular formula is C16H25NS. The molecule has 0 amide bonds. The highest BCUT2D eigenvalue weighted by Gasteiger charge is 2.47. The van der Waals surface area contributed by atoms with Gasteiger partial charge in [0.2, 0.25) is 0 Å². The normalized spacial score (nSPS) is 26.1. The van der Waals surface area contributed by atoms with Crippen LogP contribution in [0.3, 0.4) is 0 Å². The summed E-state index contributed by atoms with van der Waals surface area (Å²) >= 11 is 1.94. The van der Waals surface area contributed by atoms with Crippen LogP contribution < -0.4 is 5.32 Å². The first-order valence-electron chi connectivity index (χ1n) is 6.89. The molecular weight excluding hydrogens is 238 g/mol. The van der Waals surface area contributed by atoms with Gasteiger partial charge in [-0.05, 0) is 42.5 Å². The molecule has 18 heavy (non-hydrogen) atoms. The fraction of sp³-hybridized carbons (Fsp3) is 0.625. The van der Waals surface area contributed by atoms with E-state index in [9.17, 15) is 0 Å². The first kappa shape index (κ1) is 14.0. The number of thioether (sulfide) groups is 1. The minimum Gasteiger partial charge on any atom is -0.316 e. The van der Waals surface area contributed by atoms with Gasteiger partial charge in [-0.3, -0.25) is 0 Å². The molecule has 2 atom stereocenters. The van der Waals surface area contributed by atoms with Gasteiger partial charge in [0.25, 0.3) is 0 Å². The maximum atomic E-state index is 3.42. The minimum absolute atomic E-state index is 0.376. The predicted molar refractivity (Wildman–Crippen MR) is 81.4 cm³/mol. The zero-order chi connectivity index (χ0) is 13.3. The number of benzene rings is 1. The molecule has 0 radical (unpaired) electrons. The average molecular weight is 263 g/mol. The molecule has 0 saturated heterocycles. The van der Waals surface area contributed by atoms with Crippen molar-refractivity contribution < 1.29 is 0 Å². The van der Waals surface area contributed by atoms with Crippen molar-refractivity contribution in [3.8, 4) is 0 Å². The number of hydrogen-bond donors (Lipinski definition) is 1. The minimum atomic E-state index is 0.376. The second-order valence-electron chi connectivity index (χ2n) is 6.19. The van der Waals surface area contributed by atoms with Gasteiger partial charge in [-0.15, -0.1) is 11.8 Å². The lowest BCUT2D eigenvalue weighted by atomic mass is 9.56. The molecule has 0 aromatic heterocycles. The molecule has 0 heterocycles. The van der Waals surface area contributed by atoms with Gasteiger partial charge in [-0.2, -0.15) is 0 Å². The van der Waals surface area contributed by atoms with E-state index in [0.717, 1.165) is 0 Å². The zero-order valence-corrected chi connectivity index (χ0v) is 13.0. The third kappa shape index (κ3) is 2.60. The van der Waals surface area contributed by atoms with Gasteiger partial charge in [0, 0.05) is 16.2 Å². The maximum absolute atomic E-state index is 3.42. The number of rotatable bonds is 4. The third-order valence-electron chi connectivity index (χ3n) is 4.27. The molecule has 2 rings (SSSR count). The smallest absolute Gasteiger partial charge is 0.0127 e. The van der Waals surface area contributed by atoms with Gasteiger partial charge < -0.3 is 5.32 Å². The Bertz CT molecular complexity index is 394. The molecule has 2 heteroatoms. The molecule has 0 bridgehead atoms. The van der Waals surface area contributed by atoms with E-state index < -0.39 is 0 Å². The van der Waals surface area contributed by atoms with Crippen molar-refractivity contribution in [2.75, 3.05) is 7.05 Å². The van der Waals surface area contributed by atoms with E-state index in [0.29, 0.717) is 22.6 Å². The van der Waals surface area contributed by atoms with E-state index in [2.05, 4.69) is 64.3 Å². The quantitative estimate of drug-likeness (QED) is 0.813. The molecule has 1 nitrogen and oxygen atoms in total. The highest BCUT2D eigenvalue weighted by atomic mass is 32.2.